The van der Waals surface area contributed by atoms with Crippen LogP contribution in [0.1, 0.15) is 29.6 Å². The Morgan fingerprint density at radius 2 is 1.83 bits per heavy atom. The molecule has 0 saturated carbocycles. The van der Waals surface area contributed by atoms with Crippen molar-refractivity contribution in [3.05, 3.63) is 58.9 Å². The zero-order valence-corrected chi connectivity index (χ0v) is 13.4. The molecule has 0 aliphatic carbocycles. The second-order valence-electron chi connectivity index (χ2n) is 5.64. The van der Waals surface area contributed by atoms with E-state index in [0.717, 1.165) is 43.4 Å². The van der Waals surface area contributed by atoms with Crippen molar-refractivity contribution in [2.45, 2.75) is 19.3 Å². The highest BCUT2D eigenvalue weighted by Gasteiger charge is 2.17. The lowest BCUT2D eigenvalue weighted by Gasteiger charge is -2.30. The molecule has 1 fully saturated rings. The summed E-state index contributed by atoms with van der Waals surface area (Å²) in [6.07, 6.45) is 3.56. The summed E-state index contributed by atoms with van der Waals surface area (Å²) in [7, 11) is 0. The van der Waals surface area contributed by atoms with Crippen molar-refractivity contribution in [1.29, 1.82) is 0 Å². The summed E-state index contributed by atoms with van der Waals surface area (Å²) < 4.78 is 13.1. The van der Waals surface area contributed by atoms with Crippen molar-refractivity contribution >= 4 is 28.9 Å². The minimum atomic E-state index is -0.458. The van der Waals surface area contributed by atoms with Crippen LogP contribution in [0.3, 0.4) is 0 Å². The van der Waals surface area contributed by atoms with E-state index < -0.39 is 5.82 Å². The quantitative estimate of drug-likeness (QED) is 0.882. The predicted molar refractivity (Wildman–Crippen MR) is 91.9 cm³/mol. The Hall–Kier alpha value is -2.07. The summed E-state index contributed by atoms with van der Waals surface area (Å²) in [6, 6.07) is 11.5. The zero-order chi connectivity index (χ0) is 16.2. The van der Waals surface area contributed by atoms with E-state index in [-0.39, 0.29) is 16.5 Å². The predicted octanol–water partition coefficient (Wildman–Crippen LogP) is 4.72. The van der Waals surface area contributed by atoms with E-state index >= 15 is 0 Å². The van der Waals surface area contributed by atoms with Gasteiger partial charge in [-0.05, 0) is 49.6 Å². The number of rotatable bonds is 3. The molecule has 1 heterocycles. The van der Waals surface area contributed by atoms with E-state index in [1.54, 1.807) is 0 Å². The summed E-state index contributed by atoms with van der Waals surface area (Å²) >= 11 is 5.97. The molecule has 0 aromatic heterocycles. The molecule has 1 saturated heterocycles. The van der Waals surface area contributed by atoms with Crippen LogP contribution in [0.2, 0.25) is 5.02 Å². The molecule has 3 rings (SSSR count). The molecule has 2 aromatic rings. The Morgan fingerprint density at radius 3 is 2.57 bits per heavy atom. The molecular formula is C18H18ClFN2O. The van der Waals surface area contributed by atoms with Gasteiger partial charge in [0.15, 0.2) is 0 Å². The van der Waals surface area contributed by atoms with Gasteiger partial charge in [0.05, 0.1) is 22.0 Å². The number of benzene rings is 2. The number of carbonyl (C=O) groups is 1. The van der Waals surface area contributed by atoms with Crippen LogP contribution in [0, 0.1) is 5.82 Å². The van der Waals surface area contributed by atoms with Gasteiger partial charge in [-0.3, -0.25) is 4.79 Å². The number of carbonyl (C=O) groups excluding carboxylic acids is 1. The highest BCUT2D eigenvalue weighted by Crippen LogP contribution is 2.29. The van der Waals surface area contributed by atoms with Crippen LogP contribution in [0.5, 0.6) is 0 Å². The van der Waals surface area contributed by atoms with Gasteiger partial charge >= 0.3 is 0 Å². The van der Waals surface area contributed by atoms with Gasteiger partial charge in [0.2, 0.25) is 0 Å². The number of piperidine rings is 1. The smallest absolute Gasteiger partial charge is 0.257 e. The molecule has 5 heteroatoms. The summed E-state index contributed by atoms with van der Waals surface area (Å²) in [6.45, 7) is 1.98. The van der Waals surface area contributed by atoms with Gasteiger partial charge in [0.25, 0.3) is 5.91 Å². The second kappa shape index (κ2) is 7.01. The average molecular weight is 333 g/mol. The first kappa shape index (κ1) is 15.8. The number of hydrogen-bond donors (Lipinski definition) is 1. The molecule has 1 aliphatic rings. The Labute approximate surface area is 140 Å². The average Bonchev–Trinajstić information content (AvgIpc) is 2.56. The van der Waals surface area contributed by atoms with Crippen LogP contribution >= 0.6 is 11.6 Å². The van der Waals surface area contributed by atoms with Crippen molar-refractivity contribution in [3.8, 4) is 0 Å². The molecule has 1 N–H and O–H groups in total. The highest BCUT2D eigenvalue weighted by molar-refractivity contribution is 6.34. The van der Waals surface area contributed by atoms with E-state index in [0.29, 0.717) is 0 Å². The Bertz CT molecular complexity index is 714. The Kier molecular flexibility index (Phi) is 4.82. The third-order valence-electron chi connectivity index (χ3n) is 4.02. The molecule has 0 bridgehead atoms. The highest BCUT2D eigenvalue weighted by atomic mass is 35.5. The van der Waals surface area contributed by atoms with Crippen LogP contribution in [0.25, 0.3) is 0 Å². The number of amides is 1. The van der Waals surface area contributed by atoms with E-state index in [1.807, 2.05) is 24.3 Å². The van der Waals surface area contributed by atoms with Gasteiger partial charge in [-0.15, -0.1) is 0 Å². The van der Waals surface area contributed by atoms with Crippen LogP contribution in [-0.4, -0.2) is 19.0 Å². The van der Waals surface area contributed by atoms with E-state index in [9.17, 15) is 9.18 Å². The summed E-state index contributed by atoms with van der Waals surface area (Å²) in [5, 5.41) is 3.01. The van der Waals surface area contributed by atoms with Crippen molar-refractivity contribution in [1.82, 2.24) is 0 Å². The van der Waals surface area contributed by atoms with Crippen LogP contribution in [0.15, 0.2) is 42.5 Å². The molecule has 3 nitrogen and oxygen atoms in total. The Balaban J connectivity index is 1.83. The molecule has 2 aromatic carbocycles. The minimum absolute atomic E-state index is 0.109. The molecule has 23 heavy (non-hydrogen) atoms. The lowest BCUT2D eigenvalue weighted by Crippen LogP contribution is -2.30. The van der Waals surface area contributed by atoms with Crippen LogP contribution in [-0.2, 0) is 0 Å². The fraction of sp³-hybridized carbons (Fsp3) is 0.278. The van der Waals surface area contributed by atoms with E-state index in [4.69, 9.17) is 11.6 Å². The summed E-state index contributed by atoms with van der Waals surface area (Å²) in [5.41, 5.74) is 2.03. The number of nitrogens with zero attached hydrogens (tertiary/aromatic N) is 1. The fourth-order valence-electron chi connectivity index (χ4n) is 2.85. The minimum Gasteiger partial charge on any atom is -0.370 e. The number of halogens is 2. The first-order valence-electron chi connectivity index (χ1n) is 7.75. The monoisotopic (exact) mass is 332 g/mol. The maximum absolute atomic E-state index is 13.1. The lowest BCUT2D eigenvalue weighted by atomic mass is 10.1. The molecular weight excluding hydrogens is 315 g/mol. The number of para-hydroxylation sites is 2. The van der Waals surface area contributed by atoms with Crippen molar-refractivity contribution in [2.24, 2.45) is 0 Å². The van der Waals surface area contributed by atoms with Crippen molar-refractivity contribution in [3.63, 3.8) is 0 Å². The van der Waals surface area contributed by atoms with Gasteiger partial charge in [-0.1, -0.05) is 23.7 Å². The van der Waals surface area contributed by atoms with Gasteiger partial charge in [0.1, 0.15) is 5.82 Å². The van der Waals surface area contributed by atoms with Crippen molar-refractivity contribution in [2.75, 3.05) is 23.3 Å². The molecule has 0 radical (unpaired) electrons. The number of anilines is 2. The van der Waals surface area contributed by atoms with Gasteiger partial charge in [-0.25, -0.2) is 4.39 Å². The first-order chi connectivity index (χ1) is 11.1. The number of hydrogen-bond acceptors (Lipinski definition) is 2. The van der Waals surface area contributed by atoms with Gasteiger partial charge in [-0.2, -0.15) is 0 Å². The Morgan fingerprint density at radius 1 is 1.09 bits per heavy atom. The molecule has 0 atom stereocenters. The first-order valence-corrected chi connectivity index (χ1v) is 8.13. The maximum atomic E-state index is 13.1. The molecule has 0 spiro atoms. The van der Waals surface area contributed by atoms with Crippen molar-refractivity contribution < 1.29 is 9.18 Å². The van der Waals surface area contributed by atoms with Crippen LogP contribution in [0.4, 0.5) is 15.8 Å². The lowest BCUT2D eigenvalue weighted by molar-refractivity contribution is 0.102. The third-order valence-corrected chi connectivity index (χ3v) is 4.34. The molecule has 1 amide bonds. The zero-order valence-electron chi connectivity index (χ0n) is 12.7. The van der Waals surface area contributed by atoms with E-state index in [1.165, 1.54) is 18.6 Å². The summed E-state index contributed by atoms with van der Waals surface area (Å²) in [5.74, 6) is -0.792. The molecule has 0 unspecified atom stereocenters. The van der Waals surface area contributed by atoms with Crippen LogP contribution < -0.4 is 10.2 Å². The maximum Gasteiger partial charge on any atom is 0.257 e. The van der Waals surface area contributed by atoms with Gasteiger partial charge < -0.3 is 10.2 Å². The SMILES string of the molecule is O=C(Nc1ccccc1N1CCCCC1)c1ccc(F)cc1Cl. The topological polar surface area (TPSA) is 32.3 Å². The summed E-state index contributed by atoms with van der Waals surface area (Å²) in [4.78, 5) is 14.7. The second-order valence-corrected chi connectivity index (χ2v) is 6.05. The molecule has 120 valence electrons. The number of nitrogens with one attached hydrogen (secondary N) is 1. The standard InChI is InChI=1S/C18H18ClFN2O/c19-15-12-13(20)8-9-14(15)18(23)21-16-6-2-3-7-17(16)22-10-4-1-5-11-22/h2-3,6-9,12H,1,4-5,10-11H2,(H,21,23). The fourth-order valence-corrected chi connectivity index (χ4v) is 3.11. The normalized spacial score (nSPS) is 14.6. The molecule has 1 aliphatic heterocycles. The van der Waals surface area contributed by atoms with E-state index in [2.05, 4.69) is 10.2 Å². The third kappa shape index (κ3) is 3.64. The van der Waals surface area contributed by atoms with Gasteiger partial charge in [0, 0.05) is 13.1 Å². The largest absolute Gasteiger partial charge is 0.370 e.